The molecule has 5 aromatic rings. The Labute approximate surface area is 375 Å². The topological polar surface area (TPSA) is 169 Å². The molecule has 16 heteroatoms. The summed E-state index contributed by atoms with van der Waals surface area (Å²) in [6.45, 7) is 10.6. The lowest BCUT2D eigenvalue weighted by molar-refractivity contribution is -0.123. The average molecular weight is 885 g/mol. The zero-order valence-electron chi connectivity index (χ0n) is 36.4. The molecule has 1 aliphatic carbocycles. The van der Waals surface area contributed by atoms with Gasteiger partial charge in [-0.1, -0.05) is 30.3 Å². The molecule has 65 heavy (non-hydrogen) atoms. The third-order valence-corrected chi connectivity index (χ3v) is 12.0. The molecule has 0 radical (unpaired) electrons. The van der Waals surface area contributed by atoms with Gasteiger partial charge >= 0.3 is 6.03 Å². The second kappa shape index (κ2) is 19.1. The van der Waals surface area contributed by atoms with E-state index in [1.54, 1.807) is 31.2 Å². The fourth-order valence-electron chi connectivity index (χ4n) is 8.19. The van der Waals surface area contributed by atoms with Crippen LogP contribution in [0.5, 0.6) is 5.75 Å². The quantitative estimate of drug-likeness (QED) is 0.103. The fourth-order valence-corrected chi connectivity index (χ4v) is 8.19. The third-order valence-electron chi connectivity index (χ3n) is 12.0. The third kappa shape index (κ3) is 10.6. The van der Waals surface area contributed by atoms with Crippen molar-refractivity contribution in [2.45, 2.75) is 45.8 Å². The van der Waals surface area contributed by atoms with Crippen LogP contribution in [0, 0.1) is 18.6 Å². The number of urea groups is 1. The van der Waals surface area contributed by atoms with E-state index in [1.807, 2.05) is 6.08 Å². The molecule has 2 aliphatic heterocycles. The summed E-state index contributed by atoms with van der Waals surface area (Å²) in [7, 11) is 0. The summed E-state index contributed by atoms with van der Waals surface area (Å²) in [4.78, 5) is 64.5. The van der Waals surface area contributed by atoms with E-state index in [-0.39, 0.29) is 36.1 Å². The van der Waals surface area contributed by atoms with Crippen LogP contribution in [-0.4, -0.2) is 101 Å². The monoisotopic (exact) mass is 884 g/mol. The number of nitrogens with zero attached hydrogens (tertiary/aromatic N) is 5. The maximum absolute atomic E-state index is 15.2. The van der Waals surface area contributed by atoms with Crippen molar-refractivity contribution in [1.29, 1.82) is 0 Å². The first-order valence-electron chi connectivity index (χ1n) is 21.5. The van der Waals surface area contributed by atoms with Crippen LogP contribution < -0.4 is 25.6 Å². The van der Waals surface area contributed by atoms with Crippen LogP contribution in [-0.2, 0) is 28.2 Å². The van der Waals surface area contributed by atoms with Crippen molar-refractivity contribution in [3.8, 4) is 17.0 Å². The summed E-state index contributed by atoms with van der Waals surface area (Å²) in [6, 6.07) is 21.3. The Bertz CT molecular complexity index is 2660. The van der Waals surface area contributed by atoms with Crippen LogP contribution in [0.2, 0.25) is 0 Å². The molecule has 0 atom stereocenters. The number of benzene rings is 4. The lowest BCUT2D eigenvalue weighted by Gasteiger charge is -2.34. The van der Waals surface area contributed by atoms with Gasteiger partial charge in [-0.25, -0.2) is 23.5 Å². The molecular formula is C49H50F2N8O6. The molecule has 0 bridgehead atoms. The predicted molar refractivity (Wildman–Crippen MR) is 242 cm³/mol. The second-order valence-electron chi connectivity index (χ2n) is 17.0. The summed E-state index contributed by atoms with van der Waals surface area (Å²) < 4.78 is 35.8. The summed E-state index contributed by atoms with van der Waals surface area (Å²) >= 11 is 0. The largest absolute Gasteiger partial charge is 0.484 e. The predicted octanol–water partition coefficient (Wildman–Crippen LogP) is 6.07. The molecule has 4 aromatic carbocycles. The Balaban J connectivity index is 0.805. The molecule has 1 aromatic heterocycles. The number of carbonyl (C=O) groups is 4. The Morgan fingerprint density at radius 1 is 0.908 bits per heavy atom. The fraction of sp³-hybridized carbons (Fsp3) is 0.306. The Morgan fingerprint density at radius 2 is 1.65 bits per heavy atom. The molecule has 14 nitrogen and oxygen atoms in total. The number of aromatic nitrogens is 2. The zero-order valence-corrected chi connectivity index (χ0v) is 36.4. The minimum atomic E-state index is -1.29. The van der Waals surface area contributed by atoms with Gasteiger partial charge < -0.3 is 20.5 Å². The first-order chi connectivity index (χ1) is 31.2. The number of aliphatic hydroxyl groups is 1. The number of piperazine rings is 1. The summed E-state index contributed by atoms with van der Waals surface area (Å²) in [5, 5.41) is 18.1. The van der Waals surface area contributed by atoms with Crippen molar-refractivity contribution in [1.82, 2.24) is 30.4 Å². The number of anilines is 2. The highest BCUT2D eigenvalue weighted by atomic mass is 19.1. The minimum Gasteiger partial charge on any atom is -0.484 e. The van der Waals surface area contributed by atoms with E-state index in [1.165, 1.54) is 54.9 Å². The lowest BCUT2D eigenvalue weighted by Crippen LogP contribution is -2.49. The van der Waals surface area contributed by atoms with Crippen LogP contribution in [0.1, 0.15) is 64.1 Å². The molecule has 0 spiro atoms. The smallest absolute Gasteiger partial charge is 0.328 e. The van der Waals surface area contributed by atoms with Gasteiger partial charge in [-0.05, 0) is 103 Å². The summed E-state index contributed by atoms with van der Waals surface area (Å²) in [6.07, 6.45) is 4.29. The van der Waals surface area contributed by atoms with Gasteiger partial charge in [0, 0.05) is 87.7 Å². The highest BCUT2D eigenvalue weighted by molar-refractivity contribution is 6.06. The van der Waals surface area contributed by atoms with E-state index in [9.17, 15) is 28.7 Å². The Kier molecular flexibility index (Phi) is 13.1. The van der Waals surface area contributed by atoms with E-state index in [0.717, 1.165) is 67.7 Å². The minimum absolute atomic E-state index is 0.129. The van der Waals surface area contributed by atoms with Crippen molar-refractivity contribution < 1.29 is 37.8 Å². The maximum atomic E-state index is 15.2. The number of imide groups is 1. The number of hydrogen-bond acceptors (Lipinski definition) is 10. The number of fused-ring (bicyclic) bond motifs is 1. The molecule has 0 unspecified atom stereocenters. The number of nitrogens with one attached hydrogen (secondary N) is 3. The molecule has 8 rings (SSSR count). The van der Waals surface area contributed by atoms with Crippen molar-refractivity contribution >= 4 is 46.8 Å². The van der Waals surface area contributed by atoms with Gasteiger partial charge in [0.25, 0.3) is 11.8 Å². The van der Waals surface area contributed by atoms with Gasteiger partial charge in [0.05, 0.1) is 22.6 Å². The van der Waals surface area contributed by atoms with E-state index < -0.39 is 29.2 Å². The van der Waals surface area contributed by atoms with E-state index in [4.69, 9.17) is 4.74 Å². The van der Waals surface area contributed by atoms with Crippen LogP contribution in [0.25, 0.3) is 22.9 Å². The number of allylic oxidation sites excluding steroid dienone is 1. The highest BCUT2D eigenvalue weighted by Crippen LogP contribution is 2.38. The molecular weight excluding hydrogens is 835 g/mol. The normalized spacial score (nSPS) is 15.6. The van der Waals surface area contributed by atoms with E-state index in [0.29, 0.717) is 53.3 Å². The molecule has 3 aliphatic rings. The van der Waals surface area contributed by atoms with Gasteiger partial charge in [0.1, 0.15) is 23.7 Å². The standard InChI is InChI=1S/C49H50F2N8O6/c1-30-39(25-35(50)26-42(30)55-47(62)38-13-8-34(24-41(38)51)49(2,3)64)46-40-22-33(23-43(40)53-29-54-46)32-6-4-31(5-7-32)27-58-20-18-57(19-21-58)17-15-52-45(61)28-65-37-11-9-36(10-12-37)59-16-14-44(60)56-48(59)63/h4-13,22,24-26,29,64H,14-21,23,27-28H2,1-3H3,(H,52,61)(H,55,62)(H,56,60,63). The summed E-state index contributed by atoms with van der Waals surface area (Å²) in [5.74, 6) is -2.15. The van der Waals surface area contributed by atoms with Gasteiger partial charge in [0.15, 0.2) is 6.61 Å². The lowest BCUT2D eigenvalue weighted by atomic mass is 9.96. The van der Waals surface area contributed by atoms with Crippen molar-refractivity contribution in [2.24, 2.45) is 0 Å². The number of hydrogen-bond donors (Lipinski definition) is 4. The van der Waals surface area contributed by atoms with Crippen LogP contribution in [0.3, 0.4) is 0 Å². The van der Waals surface area contributed by atoms with Crippen molar-refractivity contribution in [3.05, 3.63) is 136 Å². The number of rotatable bonds is 14. The molecule has 2 fully saturated rings. The first-order valence-corrected chi connectivity index (χ1v) is 21.5. The highest BCUT2D eigenvalue weighted by Gasteiger charge is 2.26. The average Bonchev–Trinajstić information content (AvgIpc) is 3.73. The first kappa shape index (κ1) is 44.7. The molecule has 5 amide bonds. The van der Waals surface area contributed by atoms with Crippen LogP contribution >= 0.6 is 0 Å². The second-order valence-corrected chi connectivity index (χ2v) is 17.0. The molecule has 3 heterocycles. The maximum Gasteiger partial charge on any atom is 0.328 e. The van der Waals surface area contributed by atoms with Gasteiger partial charge in [-0.2, -0.15) is 0 Å². The van der Waals surface area contributed by atoms with Crippen LogP contribution in [0.4, 0.5) is 25.0 Å². The molecule has 0 saturated carbocycles. The number of amides is 5. The van der Waals surface area contributed by atoms with E-state index in [2.05, 4.69) is 60.0 Å². The van der Waals surface area contributed by atoms with Crippen molar-refractivity contribution in [3.63, 3.8) is 0 Å². The number of carbonyl (C=O) groups excluding carboxylic acids is 4. The van der Waals surface area contributed by atoms with Gasteiger partial charge in [-0.15, -0.1) is 0 Å². The molecule has 4 N–H and O–H groups in total. The Morgan fingerprint density at radius 3 is 2.35 bits per heavy atom. The summed E-state index contributed by atoms with van der Waals surface area (Å²) in [5.41, 5.74) is 6.03. The molecule has 336 valence electrons. The van der Waals surface area contributed by atoms with Gasteiger partial charge in [0.2, 0.25) is 5.91 Å². The van der Waals surface area contributed by atoms with Crippen molar-refractivity contribution in [2.75, 3.05) is 62.6 Å². The number of halogens is 2. The van der Waals surface area contributed by atoms with Crippen LogP contribution in [0.15, 0.2) is 85.2 Å². The molecule has 2 saturated heterocycles. The SMILES string of the molecule is Cc1c(NC(=O)c2ccc(C(C)(C)O)cc2F)cc(F)cc1-c1ncnc2c1C=C(c1ccc(CN3CCN(CCNC(=O)COc4ccc(N5CCC(=O)NC5=O)cc4)CC3)cc1)C2. The van der Waals surface area contributed by atoms with E-state index >= 15 is 4.39 Å². The van der Waals surface area contributed by atoms with Gasteiger partial charge in [-0.3, -0.25) is 34.4 Å². The zero-order chi connectivity index (χ0) is 45.8. The Hall–Kier alpha value is -6.88. The number of ether oxygens (including phenoxy) is 1.